The van der Waals surface area contributed by atoms with Crippen LogP contribution in [-0.4, -0.2) is 27.9 Å². The highest BCUT2D eigenvalue weighted by atomic mass is 32.2. The second-order valence-electron chi connectivity index (χ2n) is 6.35. The van der Waals surface area contributed by atoms with Crippen molar-refractivity contribution in [2.75, 3.05) is 5.75 Å². The summed E-state index contributed by atoms with van der Waals surface area (Å²) in [5.41, 5.74) is 1.13. The maximum Gasteiger partial charge on any atom is 0.277 e. The first-order valence-electron chi connectivity index (χ1n) is 8.49. The summed E-state index contributed by atoms with van der Waals surface area (Å²) in [6.45, 7) is 2.21. The first kappa shape index (κ1) is 17.0. The topological polar surface area (TPSA) is 68.0 Å². The normalized spacial score (nSPS) is 20.7. The lowest BCUT2D eigenvalue weighted by atomic mass is 9.86. The molecule has 0 aliphatic heterocycles. The number of thioether (sulfide) groups is 1. The van der Waals surface area contributed by atoms with Crippen molar-refractivity contribution in [3.05, 3.63) is 41.8 Å². The molecule has 1 amide bonds. The molecule has 3 rings (SSSR count). The van der Waals surface area contributed by atoms with Crippen LogP contribution in [0.15, 0.2) is 40.0 Å². The Labute approximate surface area is 146 Å². The minimum absolute atomic E-state index is 0.0431. The van der Waals surface area contributed by atoms with Crippen molar-refractivity contribution in [1.82, 2.24) is 15.5 Å². The summed E-state index contributed by atoms with van der Waals surface area (Å²) in [6, 6.07) is 10.3. The predicted molar refractivity (Wildman–Crippen MR) is 93.8 cm³/mol. The first-order valence-corrected chi connectivity index (χ1v) is 9.48. The SMILES string of the molecule is C[C@@H]1CCCC[C@H]1NC(=O)CSc1nnc(Cc2ccccc2)o1. The van der Waals surface area contributed by atoms with Crippen molar-refractivity contribution < 1.29 is 9.21 Å². The molecule has 0 radical (unpaired) electrons. The molecule has 5 nitrogen and oxygen atoms in total. The van der Waals surface area contributed by atoms with Crippen LogP contribution in [0.2, 0.25) is 0 Å². The van der Waals surface area contributed by atoms with Crippen LogP contribution < -0.4 is 5.32 Å². The Balaban J connectivity index is 1.45. The van der Waals surface area contributed by atoms with E-state index in [0.717, 1.165) is 12.0 Å². The van der Waals surface area contributed by atoms with Crippen LogP contribution in [0.5, 0.6) is 0 Å². The number of aromatic nitrogens is 2. The second-order valence-corrected chi connectivity index (χ2v) is 7.28. The third-order valence-electron chi connectivity index (χ3n) is 4.43. The Bertz CT molecular complexity index is 659. The average Bonchev–Trinajstić information content (AvgIpc) is 3.03. The number of carbonyl (C=O) groups is 1. The van der Waals surface area contributed by atoms with Crippen molar-refractivity contribution >= 4 is 17.7 Å². The van der Waals surface area contributed by atoms with Gasteiger partial charge in [0.25, 0.3) is 5.22 Å². The molecule has 6 heteroatoms. The third-order valence-corrected chi connectivity index (χ3v) is 5.25. The molecule has 1 fully saturated rings. The van der Waals surface area contributed by atoms with E-state index < -0.39 is 0 Å². The van der Waals surface area contributed by atoms with Gasteiger partial charge in [-0.25, -0.2) is 0 Å². The molecule has 0 bridgehead atoms. The zero-order chi connectivity index (χ0) is 16.8. The van der Waals surface area contributed by atoms with E-state index in [1.807, 2.05) is 30.3 Å². The fourth-order valence-corrected chi connectivity index (χ4v) is 3.64. The summed E-state index contributed by atoms with van der Waals surface area (Å²) in [5, 5.41) is 11.6. The summed E-state index contributed by atoms with van der Waals surface area (Å²) in [4.78, 5) is 12.1. The molecule has 1 heterocycles. The first-order chi connectivity index (χ1) is 11.7. The number of nitrogens with zero attached hydrogens (tertiary/aromatic N) is 2. The summed E-state index contributed by atoms with van der Waals surface area (Å²) in [7, 11) is 0. The molecule has 1 aromatic carbocycles. The fourth-order valence-electron chi connectivity index (χ4n) is 3.04. The fraction of sp³-hybridized carbons (Fsp3) is 0.500. The van der Waals surface area contributed by atoms with E-state index >= 15 is 0 Å². The van der Waals surface area contributed by atoms with Crippen LogP contribution in [0.3, 0.4) is 0 Å². The molecular formula is C18H23N3O2S. The van der Waals surface area contributed by atoms with Gasteiger partial charge < -0.3 is 9.73 Å². The highest BCUT2D eigenvalue weighted by Gasteiger charge is 2.23. The molecule has 1 N–H and O–H groups in total. The number of hydrogen-bond acceptors (Lipinski definition) is 5. The lowest BCUT2D eigenvalue weighted by Crippen LogP contribution is -2.41. The molecule has 0 unspecified atom stereocenters. The minimum atomic E-state index is 0.0431. The van der Waals surface area contributed by atoms with Gasteiger partial charge in [0.2, 0.25) is 11.8 Å². The molecule has 0 saturated heterocycles. The van der Waals surface area contributed by atoms with E-state index in [2.05, 4.69) is 22.4 Å². The molecule has 2 atom stereocenters. The van der Waals surface area contributed by atoms with Crippen LogP contribution in [0.25, 0.3) is 0 Å². The zero-order valence-corrected chi connectivity index (χ0v) is 14.7. The molecule has 1 aliphatic carbocycles. The lowest BCUT2D eigenvalue weighted by Gasteiger charge is -2.29. The predicted octanol–water partition coefficient (Wildman–Crippen LogP) is 3.45. The lowest BCUT2D eigenvalue weighted by molar-refractivity contribution is -0.119. The average molecular weight is 345 g/mol. The van der Waals surface area contributed by atoms with Crippen LogP contribution in [0.1, 0.15) is 44.1 Å². The molecule has 24 heavy (non-hydrogen) atoms. The summed E-state index contributed by atoms with van der Waals surface area (Å²) >= 11 is 1.30. The van der Waals surface area contributed by atoms with Gasteiger partial charge in [-0.15, -0.1) is 10.2 Å². The zero-order valence-electron chi connectivity index (χ0n) is 13.9. The molecule has 0 spiro atoms. The number of benzene rings is 1. The van der Waals surface area contributed by atoms with Crippen LogP contribution in [0.4, 0.5) is 0 Å². The summed E-state index contributed by atoms with van der Waals surface area (Å²) in [5.74, 6) is 1.50. The van der Waals surface area contributed by atoms with Gasteiger partial charge in [-0.3, -0.25) is 4.79 Å². The van der Waals surface area contributed by atoms with Gasteiger partial charge >= 0.3 is 0 Å². The Morgan fingerprint density at radius 3 is 2.83 bits per heavy atom. The minimum Gasteiger partial charge on any atom is -0.416 e. The highest BCUT2D eigenvalue weighted by Crippen LogP contribution is 2.24. The Hall–Kier alpha value is -1.82. The number of nitrogens with one attached hydrogen (secondary N) is 1. The maximum atomic E-state index is 12.1. The number of rotatable bonds is 6. The van der Waals surface area contributed by atoms with E-state index in [1.165, 1.54) is 31.0 Å². The number of carbonyl (C=O) groups excluding carboxylic acids is 1. The smallest absolute Gasteiger partial charge is 0.277 e. The highest BCUT2D eigenvalue weighted by molar-refractivity contribution is 7.99. The van der Waals surface area contributed by atoms with Crippen molar-refractivity contribution in [3.8, 4) is 0 Å². The summed E-state index contributed by atoms with van der Waals surface area (Å²) < 4.78 is 5.61. The van der Waals surface area contributed by atoms with Crippen molar-refractivity contribution in [1.29, 1.82) is 0 Å². The quantitative estimate of drug-likeness (QED) is 0.812. The third kappa shape index (κ3) is 4.84. The van der Waals surface area contributed by atoms with Gasteiger partial charge in [-0.05, 0) is 24.3 Å². The van der Waals surface area contributed by atoms with Crippen molar-refractivity contribution in [2.45, 2.75) is 50.3 Å². The molecule has 128 valence electrons. The largest absolute Gasteiger partial charge is 0.416 e. The Kier molecular flexibility index (Phi) is 5.91. The van der Waals surface area contributed by atoms with Crippen molar-refractivity contribution in [3.63, 3.8) is 0 Å². The van der Waals surface area contributed by atoms with E-state index in [-0.39, 0.29) is 5.91 Å². The number of amides is 1. The van der Waals surface area contributed by atoms with Gasteiger partial charge in [0.05, 0.1) is 12.2 Å². The molecular weight excluding hydrogens is 322 g/mol. The van der Waals surface area contributed by atoms with Crippen LogP contribution in [-0.2, 0) is 11.2 Å². The van der Waals surface area contributed by atoms with Crippen LogP contribution >= 0.6 is 11.8 Å². The monoisotopic (exact) mass is 345 g/mol. The standard InChI is InChI=1S/C18H23N3O2S/c1-13-7-5-6-10-15(13)19-16(22)12-24-18-21-20-17(23-18)11-14-8-3-2-4-9-14/h2-4,8-9,13,15H,5-7,10-12H2,1H3,(H,19,22)/t13-,15-/m1/s1. The van der Waals surface area contributed by atoms with Gasteiger partial charge in [0.1, 0.15) is 0 Å². The van der Waals surface area contributed by atoms with E-state index in [1.54, 1.807) is 0 Å². The Morgan fingerprint density at radius 2 is 2.04 bits per heavy atom. The summed E-state index contributed by atoms with van der Waals surface area (Å²) in [6.07, 6.45) is 5.37. The van der Waals surface area contributed by atoms with Gasteiger partial charge in [0.15, 0.2) is 0 Å². The van der Waals surface area contributed by atoms with Gasteiger partial charge in [0, 0.05) is 6.04 Å². The molecule has 1 aliphatic rings. The second kappa shape index (κ2) is 8.33. The Morgan fingerprint density at radius 1 is 1.25 bits per heavy atom. The van der Waals surface area contributed by atoms with E-state index in [0.29, 0.717) is 35.2 Å². The van der Waals surface area contributed by atoms with Gasteiger partial charge in [-0.1, -0.05) is 61.9 Å². The maximum absolute atomic E-state index is 12.1. The van der Waals surface area contributed by atoms with Crippen molar-refractivity contribution in [2.24, 2.45) is 5.92 Å². The van der Waals surface area contributed by atoms with E-state index in [4.69, 9.17) is 4.42 Å². The molecule has 1 saturated carbocycles. The van der Waals surface area contributed by atoms with Gasteiger partial charge in [-0.2, -0.15) is 0 Å². The number of hydrogen-bond donors (Lipinski definition) is 1. The van der Waals surface area contributed by atoms with E-state index in [9.17, 15) is 4.79 Å². The van der Waals surface area contributed by atoms with Crippen LogP contribution in [0, 0.1) is 5.92 Å². The molecule has 1 aromatic heterocycles. The molecule has 2 aromatic rings.